The predicted octanol–water partition coefficient (Wildman–Crippen LogP) is 1.83. The van der Waals surface area contributed by atoms with Crippen LogP contribution < -0.4 is 5.32 Å². The van der Waals surface area contributed by atoms with E-state index in [-0.39, 0.29) is 18.1 Å². The highest BCUT2D eigenvalue weighted by atomic mass is 16.5. The highest BCUT2D eigenvalue weighted by Gasteiger charge is 2.29. The molecule has 1 aromatic carbocycles. The molecule has 0 fully saturated rings. The van der Waals surface area contributed by atoms with Crippen molar-refractivity contribution in [1.82, 2.24) is 15.3 Å². The molecule has 5 nitrogen and oxygen atoms in total. The maximum Gasteiger partial charge on any atom is 0.249 e. The van der Waals surface area contributed by atoms with E-state index in [0.717, 1.165) is 36.5 Å². The zero-order valence-corrected chi connectivity index (χ0v) is 13.3. The summed E-state index contributed by atoms with van der Waals surface area (Å²) in [5, 5.41) is 3.16. The third kappa shape index (κ3) is 2.88. The van der Waals surface area contributed by atoms with Crippen LogP contribution in [0, 0.1) is 6.92 Å². The van der Waals surface area contributed by atoms with Crippen molar-refractivity contribution in [2.75, 3.05) is 0 Å². The molecule has 5 heteroatoms. The maximum atomic E-state index is 12.5. The SMILES string of the molecule is Cc1nc2c([nH]1)CC(NC(=O)C1Cc3ccccc3CO1)CC2. The Morgan fingerprint density at radius 1 is 1.30 bits per heavy atom. The molecule has 4 rings (SSSR count). The standard InChI is InChI=1S/C18H21N3O2/c1-11-19-15-7-6-14(9-16(15)20-11)21-18(22)17-8-12-4-2-3-5-13(12)10-23-17/h2-5,14,17H,6-10H2,1H3,(H,19,20)(H,21,22). The fourth-order valence-corrected chi connectivity index (χ4v) is 3.56. The van der Waals surface area contributed by atoms with Crippen molar-refractivity contribution < 1.29 is 9.53 Å². The molecule has 0 bridgehead atoms. The van der Waals surface area contributed by atoms with Gasteiger partial charge in [0.1, 0.15) is 11.9 Å². The number of ether oxygens (including phenoxy) is 1. The maximum absolute atomic E-state index is 12.5. The minimum absolute atomic E-state index is 0.00388. The molecule has 2 N–H and O–H groups in total. The fraction of sp³-hybridized carbons (Fsp3) is 0.444. The number of amides is 1. The van der Waals surface area contributed by atoms with Crippen LogP contribution in [0.4, 0.5) is 0 Å². The van der Waals surface area contributed by atoms with Crippen molar-refractivity contribution in [2.24, 2.45) is 0 Å². The van der Waals surface area contributed by atoms with Crippen molar-refractivity contribution >= 4 is 5.91 Å². The first-order valence-electron chi connectivity index (χ1n) is 8.22. The number of aromatic nitrogens is 2. The molecule has 0 spiro atoms. The molecule has 23 heavy (non-hydrogen) atoms. The number of carbonyl (C=O) groups excluding carboxylic acids is 1. The average Bonchev–Trinajstić information content (AvgIpc) is 2.93. The summed E-state index contributed by atoms with van der Waals surface area (Å²) in [6.45, 7) is 2.49. The van der Waals surface area contributed by atoms with Gasteiger partial charge in [-0.15, -0.1) is 0 Å². The molecule has 0 saturated heterocycles. The molecule has 2 atom stereocenters. The Balaban J connectivity index is 1.39. The van der Waals surface area contributed by atoms with Gasteiger partial charge in [0.15, 0.2) is 0 Å². The van der Waals surface area contributed by atoms with E-state index in [1.807, 2.05) is 19.1 Å². The van der Waals surface area contributed by atoms with E-state index in [1.165, 1.54) is 11.1 Å². The summed E-state index contributed by atoms with van der Waals surface area (Å²) < 4.78 is 5.75. The van der Waals surface area contributed by atoms with E-state index in [9.17, 15) is 4.79 Å². The van der Waals surface area contributed by atoms with Gasteiger partial charge in [-0.05, 0) is 30.9 Å². The number of carbonyl (C=O) groups is 1. The van der Waals surface area contributed by atoms with Gasteiger partial charge in [-0.1, -0.05) is 24.3 Å². The summed E-state index contributed by atoms with van der Waals surface area (Å²) in [6, 6.07) is 8.33. The van der Waals surface area contributed by atoms with Crippen molar-refractivity contribution in [2.45, 2.75) is 51.4 Å². The molecule has 2 aliphatic rings. The fourth-order valence-electron chi connectivity index (χ4n) is 3.56. The summed E-state index contributed by atoms with van der Waals surface area (Å²) in [4.78, 5) is 20.3. The summed E-state index contributed by atoms with van der Waals surface area (Å²) in [5.41, 5.74) is 4.71. The van der Waals surface area contributed by atoms with Crippen molar-refractivity contribution in [3.63, 3.8) is 0 Å². The Hall–Kier alpha value is -2.14. The van der Waals surface area contributed by atoms with Crippen LogP contribution in [-0.2, 0) is 35.4 Å². The van der Waals surface area contributed by atoms with Gasteiger partial charge < -0.3 is 15.0 Å². The number of hydrogen-bond donors (Lipinski definition) is 2. The zero-order valence-electron chi connectivity index (χ0n) is 13.3. The monoisotopic (exact) mass is 311 g/mol. The largest absolute Gasteiger partial charge is 0.363 e. The summed E-state index contributed by atoms with van der Waals surface area (Å²) in [7, 11) is 0. The number of benzene rings is 1. The van der Waals surface area contributed by atoms with Gasteiger partial charge in [0.2, 0.25) is 5.91 Å². The number of aromatic amines is 1. The molecule has 2 unspecified atom stereocenters. The van der Waals surface area contributed by atoms with Crippen LogP contribution in [-0.4, -0.2) is 28.0 Å². The number of fused-ring (bicyclic) bond motifs is 2. The number of aryl methyl sites for hydroxylation is 2. The van der Waals surface area contributed by atoms with E-state index >= 15 is 0 Å². The van der Waals surface area contributed by atoms with Gasteiger partial charge in [-0.3, -0.25) is 4.79 Å². The highest BCUT2D eigenvalue weighted by Crippen LogP contribution is 2.22. The first-order chi connectivity index (χ1) is 11.2. The summed E-state index contributed by atoms with van der Waals surface area (Å²) in [5.74, 6) is 0.957. The van der Waals surface area contributed by atoms with Gasteiger partial charge >= 0.3 is 0 Å². The summed E-state index contributed by atoms with van der Waals surface area (Å²) >= 11 is 0. The number of nitrogens with one attached hydrogen (secondary N) is 2. The highest BCUT2D eigenvalue weighted by molar-refractivity contribution is 5.81. The molecule has 2 heterocycles. The van der Waals surface area contributed by atoms with Gasteiger partial charge in [0.25, 0.3) is 0 Å². The van der Waals surface area contributed by atoms with Crippen LogP contribution in [0.1, 0.15) is 34.8 Å². The van der Waals surface area contributed by atoms with Gasteiger partial charge in [-0.2, -0.15) is 0 Å². The number of rotatable bonds is 2. The van der Waals surface area contributed by atoms with Crippen LogP contribution >= 0.6 is 0 Å². The van der Waals surface area contributed by atoms with Crippen LogP contribution in [0.2, 0.25) is 0 Å². The second kappa shape index (κ2) is 5.81. The predicted molar refractivity (Wildman–Crippen MR) is 86.0 cm³/mol. The van der Waals surface area contributed by atoms with Crippen LogP contribution in [0.3, 0.4) is 0 Å². The molecule has 1 aliphatic carbocycles. The second-order valence-electron chi connectivity index (χ2n) is 6.47. The number of nitrogens with zero attached hydrogens (tertiary/aromatic N) is 1. The van der Waals surface area contributed by atoms with Crippen LogP contribution in [0.25, 0.3) is 0 Å². The lowest BCUT2D eigenvalue weighted by atomic mass is 9.95. The molecule has 2 aromatic rings. The zero-order chi connectivity index (χ0) is 15.8. The normalized spacial score (nSPS) is 23.0. The molecule has 120 valence electrons. The Bertz CT molecular complexity index is 738. The molecule has 1 amide bonds. The second-order valence-corrected chi connectivity index (χ2v) is 6.47. The van der Waals surface area contributed by atoms with Crippen molar-refractivity contribution in [3.8, 4) is 0 Å². The first kappa shape index (κ1) is 14.5. The van der Waals surface area contributed by atoms with Crippen molar-refractivity contribution in [1.29, 1.82) is 0 Å². The van der Waals surface area contributed by atoms with E-state index < -0.39 is 0 Å². The number of hydrogen-bond acceptors (Lipinski definition) is 3. The topological polar surface area (TPSA) is 67.0 Å². The molecular weight excluding hydrogens is 290 g/mol. The molecule has 0 radical (unpaired) electrons. The Morgan fingerprint density at radius 2 is 2.13 bits per heavy atom. The summed E-state index contributed by atoms with van der Waals surface area (Å²) in [6.07, 6.45) is 2.95. The lowest BCUT2D eigenvalue weighted by Gasteiger charge is -2.28. The minimum Gasteiger partial charge on any atom is -0.363 e. The first-order valence-corrected chi connectivity index (χ1v) is 8.22. The minimum atomic E-state index is -0.380. The van der Waals surface area contributed by atoms with E-state index in [1.54, 1.807) is 0 Å². The van der Waals surface area contributed by atoms with Gasteiger partial charge in [-0.25, -0.2) is 4.98 Å². The average molecular weight is 311 g/mol. The lowest BCUT2D eigenvalue weighted by molar-refractivity contribution is -0.135. The Morgan fingerprint density at radius 3 is 3.00 bits per heavy atom. The third-order valence-electron chi connectivity index (χ3n) is 4.77. The number of H-pyrrole nitrogens is 1. The van der Waals surface area contributed by atoms with Crippen molar-refractivity contribution in [3.05, 3.63) is 52.6 Å². The lowest BCUT2D eigenvalue weighted by Crippen LogP contribution is -2.46. The van der Waals surface area contributed by atoms with E-state index in [2.05, 4.69) is 27.4 Å². The van der Waals surface area contributed by atoms with Gasteiger partial charge in [0, 0.05) is 24.6 Å². The molecule has 1 aliphatic heterocycles. The molecule has 0 saturated carbocycles. The molecule has 1 aromatic heterocycles. The Labute approximate surface area is 135 Å². The Kier molecular flexibility index (Phi) is 3.65. The van der Waals surface area contributed by atoms with Gasteiger partial charge in [0.05, 0.1) is 12.3 Å². The van der Waals surface area contributed by atoms with Crippen LogP contribution in [0.5, 0.6) is 0 Å². The molecular formula is C18H21N3O2. The van der Waals surface area contributed by atoms with Crippen LogP contribution in [0.15, 0.2) is 24.3 Å². The smallest absolute Gasteiger partial charge is 0.249 e. The quantitative estimate of drug-likeness (QED) is 0.889. The third-order valence-corrected chi connectivity index (χ3v) is 4.77. The van der Waals surface area contributed by atoms with E-state index in [4.69, 9.17) is 4.74 Å². The van der Waals surface area contributed by atoms with E-state index in [0.29, 0.717) is 13.0 Å². The number of imidazole rings is 1.